The number of ether oxygens (including phenoxy) is 2. The molecule has 2 rings (SSSR count). The molecule has 0 bridgehead atoms. The highest BCUT2D eigenvalue weighted by molar-refractivity contribution is 5.64. The highest BCUT2D eigenvalue weighted by atomic mass is 16.5. The minimum atomic E-state index is -0.354. The minimum absolute atomic E-state index is 0.354. The monoisotopic (exact) mass is 368 g/mol. The van der Waals surface area contributed by atoms with Crippen LogP contribution in [0.5, 0.6) is 11.5 Å². The highest BCUT2D eigenvalue weighted by Crippen LogP contribution is 2.33. The fourth-order valence-electron chi connectivity index (χ4n) is 2.77. The van der Waals surface area contributed by atoms with Crippen molar-refractivity contribution in [2.75, 3.05) is 20.7 Å². The molecule has 0 aliphatic carbocycles. The van der Waals surface area contributed by atoms with Crippen LogP contribution in [0.2, 0.25) is 0 Å². The molecule has 27 heavy (non-hydrogen) atoms. The lowest BCUT2D eigenvalue weighted by molar-refractivity contribution is 0.0191. The zero-order valence-electron chi connectivity index (χ0n) is 17.7. The third kappa shape index (κ3) is 5.57. The number of rotatable bonds is 8. The van der Waals surface area contributed by atoms with E-state index in [1.165, 1.54) is 0 Å². The van der Waals surface area contributed by atoms with E-state index < -0.39 is 0 Å². The number of aliphatic imine (C=N–C) groups is 1. The average Bonchev–Trinajstić information content (AvgIpc) is 2.64. The van der Waals surface area contributed by atoms with Crippen LogP contribution in [-0.2, 0) is 10.3 Å². The van der Waals surface area contributed by atoms with Crippen molar-refractivity contribution in [1.29, 1.82) is 0 Å². The molecular weight excluding hydrogens is 336 g/mol. The first kappa shape index (κ1) is 21.0. The van der Waals surface area contributed by atoms with Crippen molar-refractivity contribution in [2.24, 2.45) is 4.99 Å². The van der Waals surface area contributed by atoms with E-state index in [0.29, 0.717) is 0 Å². The molecule has 0 unspecified atom stereocenters. The molecule has 0 aliphatic heterocycles. The first-order valence-electron chi connectivity index (χ1n) is 9.46. The normalized spacial score (nSPS) is 11.8. The highest BCUT2D eigenvalue weighted by Gasteiger charge is 2.20. The van der Waals surface area contributed by atoms with Gasteiger partial charge in [0.25, 0.3) is 0 Å². The molecular formula is C23H32N2O2. The second kappa shape index (κ2) is 9.05. The first-order valence-corrected chi connectivity index (χ1v) is 9.46. The quantitative estimate of drug-likeness (QED) is 0.425. The molecule has 0 saturated carbocycles. The first-order chi connectivity index (χ1) is 12.8. The van der Waals surface area contributed by atoms with Gasteiger partial charge in [0, 0.05) is 20.7 Å². The molecule has 0 amide bonds. The van der Waals surface area contributed by atoms with Crippen LogP contribution in [0.1, 0.15) is 43.9 Å². The number of nitrogens with zero attached hydrogens (tertiary/aromatic N) is 2. The van der Waals surface area contributed by atoms with E-state index in [9.17, 15) is 0 Å². The molecule has 4 nitrogen and oxygen atoms in total. The molecule has 0 fully saturated rings. The van der Waals surface area contributed by atoms with Crippen molar-refractivity contribution < 1.29 is 9.47 Å². The van der Waals surface area contributed by atoms with Crippen molar-refractivity contribution in [3.05, 3.63) is 53.1 Å². The van der Waals surface area contributed by atoms with Crippen molar-refractivity contribution in [3.8, 4) is 11.5 Å². The lowest BCUT2D eigenvalue weighted by atomic mass is 9.98. The average molecular weight is 369 g/mol. The van der Waals surface area contributed by atoms with E-state index in [1.807, 2.05) is 52.4 Å². The number of hydrogen-bond donors (Lipinski definition) is 0. The lowest BCUT2D eigenvalue weighted by Crippen LogP contribution is -2.19. The lowest BCUT2D eigenvalue weighted by Gasteiger charge is -2.24. The summed E-state index contributed by atoms with van der Waals surface area (Å²) >= 11 is 0. The topological polar surface area (TPSA) is 34.1 Å². The summed E-state index contributed by atoms with van der Waals surface area (Å²) in [5.41, 5.74) is 3.84. The van der Waals surface area contributed by atoms with Gasteiger partial charge in [-0.3, -0.25) is 0 Å². The largest absolute Gasteiger partial charge is 0.457 e. The van der Waals surface area contributed by atoms with Gasteiger partial charge in [0.2, 0.25) is 0 Å². The van der Waals surface area contributed by atoms with Crippen molar-refractivity contribution in [1.82, 2.24) is 4.90 Å². The van der Waals surface area contributed by atoms with E-state index in [1.54, 1.807) is 7.11 Å². The number of hydrogen-bond acceptors (Lipinski definition) is 3. The van der Waals surface area contributed by atoms with Crippen LogP contribution in [0.15, 0.2) is 41.4 Å². The van der Waals surface area contributed by atoms with Crippen LogP contribution in [0.4, 0.5) is 5.69 Å². The maximum absolute atomic E-state index is 6.17. The van der Waals surface area contributed by atoms with E-state index in [0.717, 1.165) is 46.8 Å². The Balaban J connectivity index is 2.23. The zero-order valence-corrected chi connectivity index (χ0v) is 17.7. The number of benzene rings is 2. The Hall–Kier alpha value is -2.33. The van der Waals surface area contributed by atoms with Gasteiger partial charge in [0.05, 0.1) is 17.6 Å². The van der Waals surface area contributed by atoms with Gasteiger partial charge in [0.15, 0.2) is 0 Å². The van der Waals surface area contributed by atoms with Gasteiger partial charge in [-0.05, 0) is 75.1 Å². The third-order valence-electron chi connectivity index (χ3n) is 4.73. The maximum Gasteiger partial charge on any atom is 0.130 e. The number of aryl methyl sites for hydroxylation is 2. The smallest absolute Gasteiger partial charge is 0.130 e. The van der Waals surface area contributed by atoms with Gasteiger partial charge in [0.1, 0.15) is 11.5 Å². The van der Waals surface area contributed by atoms with Crippen LogP contribution < -0.4 is 4.74 Å². The Kier molecular flexibility index (Phi) is 7.03. The molecule has 4 heteroatoms. The Bertz CT molecular complexity index is 797. The van der Waals surface area contributed by atoms with E-state index in [2.05, 4.69) is 41.9 Å². The summed E-state index contributed by atoms with van der Waals surface area (Å²) in [6, 6.07) is 12.2. The molecule has 0 radical (unpaired) electrons. The third-order valence-corrected chi connectivity index (χ3v) is 4.73. The van der Waals surface area contributed by atoms with Crippen molar-refractivity contribution in [2.45, 2.75) is 46.6 Å². The van der Waals surface area contributed by atoms with Crippen LogP contribution in [0.3, 0.4) is 0 Å². The van der Waals surface area contributed by atoms with Crippen LogP contribution in [0, 0.1) is 13.8 Å². The van der Waals surface area contributed by atoms with Crippen LogP contribution in [-0.4, -0.2) is 31.9 Å². The van der Waals surface area contributed by atoms with Crippen molar-refractivity contribution in [3.63, 3.8) is 0 Å². The van der Waals surface area contributed by atoms with Gasteiger partial charge in [-0.15, -0.1) is 0 Å². The molecule has 0 saturated heterocycles. The predicted octanol–water partition coefficient (Wildman–Crippen LogP) is 5.98. The predicted molar refractivity (Wildman–Crippen MR) is 114 cm³/mol. The minimum Gasteiger partial charge on any atom is -0.457 e. The molecule has 2 aromatic rings. The van der Waals surface area contributed by atoms with Gasteiger partial charge in [-0.25, -0.2) is 4.99 Å². The van der Waals surface area contributed by atoms with Crippen LogP contribution in [0.25, 0.3) is 0 Å². The second-order valence-electron chi connectivity index (χ2n) is 7.47. The summed E-state index contributed by atoms with van der Waals surface area (Å²) in [5, 5.41) is 0. The Morgan fingerprint density at radius 1 is 1.11 bits per heavy atom. The van der Waals surface area contributed by atoms with E-state index in [-0.39, 0.29) is 5.60 Å². The second-order valence-corrected chi connectivity index (χ2v) is 7.47. The summed E-state index contributed by atoms with van der Waals surface area (Å²) in [6.45, 7) is 11.4. The molecule has 0 aromatic heterocycles. The fraction of sp³-hybridized carbons (Fsp3) is 0.435. The number of methoxy groups -OCH3 is 1. The Morgan fingerprint density at radius 2 is 1.85 bits per heavy atom. The standard InChI is InChI=1S/C23H32N2O2/c1-8-12-25(6)16-24-21-13-18(3)22(14-17(21)2)27-20-11-9-10-19(15-20)23(4,5)26-7/h9-11,13-16H,8,12H2,1-7H3. The summed E-state index contributed by atoms with van der Waals surface area (Å²) in [4.78, 5) is 6.72. The Morgan fingerprint density at radius 3 is 2.52 bits per heavy atom. The Labute approximate surface area is 163 Å². The fourth-order valence-corrected chi connectivity index (χ4v) is 2.77. The molecule has 2 aromatic carbocycles. The summed E-state index contributed by atoms with van der Waals surface area (Å²) < 4.78 is 11.7. The van der Waals surface area contributed by atoms with E-state index in [4.69, 9.17) is 9.47 Å². The molecule has 0 atom stereocenters. The van der Waals surface area contributed by atoms with Gasteiger partial charge >= 0.3 is 0 Å². The summed E-state index contributed by atoms with van der Waals surface area (Å²) in [7, 11) is 3.76. The van der Waals surface area contributed by atoms with Gasteiger partial charge in [-0.2, -0.15) is 0 Å². The molecule has 0 heterocycles. The van der Waals surface area contributed by atoms with Crippen LogP contribution >= 0.6 is 0 Å². The van der Waals surface area contributed by atoms with Gasteiger partial charge < -0.3 is 14.4 Å². The van der Waals surface area contributed by atoms with E-state index >= 15 is 0 Å². The summed E-state index contributed by atoms with van der Waals surface area (Å²) in [5.74, 6) is 1.65. The molecule has 0 aliphatic rings. The van der Waals surface area contributed by atoms with Gasteiger partial charge in [-0.1, -0.05) is 19.1 Å². The molecule has 0 spiro atoms. The zero-order chi connectivity index (χ0) is 20.0. The SMILES string of the molecule is CCCN(C)C=Nc1cc(C)c(Oc2cccc(C(C)(C)OC)c2)cc1C. The summed E-state index contributed by atoms with van der Waals surface area (Å²) in [6.07, 6.45) is 2.99. The molecule has 0 N–H and O–H groups in total. The maximum atomic E-state index is 6.17. The molecule has 146 valence electrons. The van der Waals surface area contributed by atoms with Crippen molar-refractivity contribution >= 4 is 12.0 Å².